The second kappa shape index (κ2) is 4.29. The number of ether oxygens (including phenoxy) is 1. The molecule has 0 unspecified atom stereocenters. The van der Waals surface area contributed by atoms with Gasteiger partial charge in [-0.3, -0.25) is 0 Å². The highest BCUT2D eigenvalue weighted by Crippen LogP contribution is 2.26. The van der Waals surface area contributed by atoms with Gasteiger partial charge in [0.1, 0.15) is 0 Å². The van der Waals surface area contributed by atoms with Crippen molar-refractivity contribution in [1.82, 2.24) is 4.98 Å². The lowest BCUT2D eigenvalue weighted by molar-refractivity contribution is 0.0592. The SMILES string of the molecule is COC(=O)c1ncc(F)c(C(F)F)c1C. The number of halogens is 3. The highest BCUT2D eigenvalue weighted by molar-refractivity contribution is 5.89. The van der Waals surface area contributed by atoms with Gasteiger partial charge in [0.15, 0.2) is 11.5 Å². The van der Waals surface area contributed by atoms with Crippen LogP contribution in [0.2, 0.25) is 0 Å². The van der Waals surface area contributed by atoms with Crippen LogP contribution in [0.3, 0.4) is 0 Å². The Labute approximate surface area is 83.9 Å². The maximum Gasteiger partial charge on any atom is 0.356 e. The van der Waals surface area contributed by atoms with Gasteiger partial charge in [-0.05, 0) is 12.5 Å². The highest BCUT2D eigenvalue weighted by Gasteiger charge is 2.22. The van der Waals surface area contributed by atoms with Crippen molar-refractivity contribution in [3.05, 3.63) is 28.8 Å². The number of aromatic nitrogens is 1. The molecule has 1 heterocycles. The molecule has 0 saturated carbocycles. The summed E-state index contributed by atoms with van der Waals surface area (Å²) in [5.74, 6) is -2.00. The van der Waals surface area contributed by atoms with Crippen molar-refractivity contribution in [2.24, 2.45) is 0 Å². The minimum absolute atomic E-state index is 0.197. The van der Waals surface area contributed by atoms with Gasteiger partial charge in [0.25, 0.3) is 6.43 Å². The Morgan fingerprint density at radius 1 is 1.53 bits per heavy atom. The largest absolute Gasteiger partial charge is 0.464 e. The quantitative estimate of drug-likeness (QED) is 0.716. The highest BCUT2D eigenvalue weighted by atomic mass is 19.3. The summed E-state index contributed by atoms with van der Waals surface area (Å²) in [7, 11) is 1.09. The molecule has 0 saturated heterocycles. The zero-order valence-electron chi connectivity index (χ0n) is 8.05. The Balaban J connectivity index is 3.35. The van der Waals surface area contributed by atoms with E-state index in [-0.39, 0.29) is 11.3 Å². The first-order valence-corrected chi connectivity index (χ1v) is 4.00. The van der Waals surface area contributed by atoms with Crippen LogP contribution in [0.5, 0.6) is 0 Å². The van der Waals surface area contributed by atoms with E-state index in [0.717, 1.165) is 7.11 Å². The molecule has 1 rings (SSSR count). The zero-order chi connectivity index (χ0) is 11.6. The second-order valence-electron chi connectivity index (χ2n) is 2.79. The molecule has 0 aliphatic rings. The molecule has 0 aliphatic heterocycles. The average molecular weight is 219 g/mol. The molecule has 0 atom stereocenters. The predicted molar refractivity (Wildman–Crippen MR) is 45.2 cm³/mol. The van der Waals surface area contributed by atoms with E-state index < -0.39 is 23.8 Å². The van der Waals surface area contributed by atoms with Gasteiger partial charge in [-0.15, -0.1) is 0 Å². The van der Waals surface area contributed by atoms with Crippen LogP contribution in [0.25, 0.3) is 0 Å². The minimum Gasteiger partial charge on any atom is -0.464 e. The third-order valence-electron chi connectivity index (χ3n) is 1.92. The molecule has 0 N–H and O–H groups in total. The number of nitrogens with zero attached hydrogens (tertiary/aromatic N) is 1. The van der Waals surface area contributed by atoms with Crippen LogP contribution in [0.1, 0.15) is 28.0 Å². The van der Waals surface area contributed by atoms with E-state index >= 15 is 0 Å². The molecule has 0 bridgehead atoms. The van der Waals surface area contributed by atoms with Gasteiger partial charge >= 0.3 is 5.97 Å². The van der Waals surface area contributed by atoms with Crippen LogP contribution in [-0.4, -0.2) is 18.1 Å². The Morgan fingerprint density at radius 2 is 2.13 bits per heavy atom. The minimum atomic E-state index is -2.99. The molecule has 6 heteroatoms. The van der Waals surface area contributed by atoms with Crippen molar-refractivity contribution in [3.63, 3.8) is 0 Å². The van der Waals surface area contributed by atoms with E-state index in [1.54, 1.807) is 0 Å². The number of alkyl halides is 2. The maximum absolute atomic E-state index is 13.0. The van der Waals surface area contributed by atoms with Crippen LogP contribution in [-0.2, 0) is 4.74 Å². The topological polar surface area (TPSA) is 39.2 Å². The monoisotopic (exact) mass is 219 g/mol. The number of carbonyl (C=O) groups is 1. The summed E-state index contributed by atoms with van der Waals surface area (Å²) in [5.41, 5.74) is -1.31. The number of pyridine rings is 1. The van der Waals surface area contributed by atoms with Crippen LogP contribution >= 0.6 is 0 Å². The van der Waals surface area contributed by atoms with Gasteiger partial charge in [-0.25, -0.2) is 22.9 Å². The van der Waals surface area contributed by atoms with Crippen molar-refractivity contribution >= 4 is 5.97 Å². The first-order valence-electron chi connectivity index (χ1n) is 4.00. The van der Waals surface area contributed by atoms with Gasteiger partial charge in [0, 0.05) is 0 Å². The number of rotatable bonds is 2. The summed E-state index contributed by atoms with van der Waals surface area (Å²) in [5, 5.41) is 0. The summed E-state index contributed by atoms with van der Waals surface area (Å²) in [6, 6.07) is 0. The van der Waals surface area contributed by atoms with E-state index in [1.165, 1.54) is 6.92 Å². The third-order valence-corrected chi connectivity index (χ3v) is 1.92. The zero-order valence-corrected chi connectivity index (χ0v) is 8.05. The lowest BCUT2D eigenvalue weighted by Crippen LogP contribution is -2.10. The van der Waals surface area contributed by atoms with E-state index in [9.17, 15) is 18.0 Å². The van der Waals surface area contributed by atoms with Crippen molar-refractivity contribution in [1.29, 1.82) is 0 Å². The molecule has 1 aromatic heterocycles. The summed E-state index contributed by atoms with van der Waals surface area (Å²) in [4.78, 5) is 14.5. The Kier molecular flexibility index (Phi) is 3.28. The fourth-order valence-corrected chi connectivity index (χ4v) is 1.16. The number of hydrogen-bond donors (Lipinski definition) is 0. The Bertz CT molecular complexity index is 393. The second-order valence-corrected chi connectivity index (χ2v) is 2.79. The number of hydrogen-bond acceptors (Lipinski definition) is 3. The lowest BCUT2D eigenvalue weighted by Gasteiger charge is -2.08. The normalized spacial score (nSPS) is 10.5. The Hall–Kier alpha value is -1.59. The first kappa shape index (κ1) is 11.5. The molecule has 3 nitrogen and oxygen atoms in total. The van der Waals surface area contributed by atoms with Crippen molar-refractivity contribution < 1.29 is 22.7 Å². The molecule has 0 fully saturated rings. The standard InChI is InChI=1S/C9H8F3NO2/c1-4-6(8(11)12)5(10)3-13-7(4)9(14)15-2/h3,8H,1-2H3. The van der Waals surface area contributed by atoms with Gasteiger partial charge < -0.3 is 4.74 Å². The van der Waals surface area contributed by atoms with Crippen molar-refractivity contribution in [2.45, 2.75) is 13.3 Å². The van der Waals surface area contributed by atoms with Crippen molar-refractivity contribution in [2.75, 3.05) is 7.11 Å². The van der Waals surface area contributed by atoms with Gasteiger partial charge in [0.2, 0.25) is 0 Å². The van der Waals surface area contributed by atoms with E-state index in [0.29, 0.717) is 6.20 Å². The third kappa shape index (κ3) is 2.08. The smallest absolute Gasteiger partial charge is 0.356 e. The maximum atomic E-state index is 13.0. The van der Waals surface area contributed by atoms with Crippen LogP contribution < -0.4 is 0 Å². The van der Waals surface area contributed by atoms with E-state index in [1.807, 2.05) is 0 Å². The first-order chi connectivity index (χ1) is 6.99. The summed E-state index contributed by atoms with van der Waals surface area (Å²) >= 11 is 0. The number of methoxy groups -OCH3 is 1. The molecule has 82 valence electrons. The van der Waals surface area contributed by atoms with Crippen LogP contribution in [0, 0.1) is 12.7 Å². The molecule has 0 aliphatic carbocycles. The number of carbonyl (C=O) groups excluding carboxylic acids is 1. The van der Waals surface area contributed by atoms with E-state index in [4.69, 9.17) is 0 Å². The molecule has 0 radical (unpaired) electrons. The summed E-state index contributed by atoms with van der Waals surface area (Å²) in [6.45, 7) is 1.20. The Morgan fingerprint density at radius 3 is 2.60 bits per heavy atom. The predicted octanol–water partition coefficient (Wildman–Crippen LogP) is 2.25. The molecule has 1 aromatic rings. The molecule has 15 heavy (non-hydrogen) atoms. The number of esters is 1. The average Bonchev–Trinajstić information content (AvgIpc) is 2.16. The van der Waals surface area contributed by atoms with Crippen LogP contribution in [0.4, 0.5) is 13.2 Å². The molecular weight excluding hydrogens is 211 g/mol. The van der Waals surface area contributed by atoms with Gasteiger partial charge in [0.05, 0.1) is 18.9 Å². The summed E-state index contributed by atoms with van der Waals surface area (Å²) in [6.07, 6.45) is -2.41. The lowest BCUT2D eigenvalue weighted by atomic mass is 10.1. The molecule has 0 spiro atoms. The van der Waals surface area contributed by atoms with Gasteiger partial charge in [-0.2, -0.15) is 0 Å². The van der Waals surface area contributed by atoms with Crippen molar-refractivity contribution in [3.8, 4) is 0 Å². The molecule has 0 aromatic carbocycles. The fourth-order valence-electron chi connectivity index (χ4n) is 1.16. The molecular formula is C9H8F3NO2. The molecule has 0 amide bonds. The summed E-state index contributed by atoms with van der Waals surface area (Å²) < 4.78 is 42.1. The van der Waals surface area contributed by atoms with Gasteiger partial charge in [-0.1, -0.05) is 0 Å². The van der Waals surface area contributed by atoms with Crippen LogP contribution in [0.15, 0.2) is 6.20 Å². The fraction of sp³-hybridized carbons (Fsp3) is 0.333. The van der Waals surface area contributed by atoms with E-state index in [2.05, 4.69) is 9.72 Å².